The third kappa shape index (κ3) is 3.27. The van der Waals surface area contributed by atoms with Crippen LogP contribution in [0.25, 0.3) is 0 Å². The SMILES string of the molecule is CC1CC(C)CN(C2CC(C(C)C)CCC2N)C1. The zero-order chi connectivity index (χ0) is 13.3. The number of hydrogen-bond acceptors (Lipinski definition) is 2. The first kappa shape index (κ1) is 14.3. The summed E-state index contributed by atoms with van der Waals surface area (Å²) in [7, 11) is 0. The molecule has 5 atom stereocenters. The molecule has 1 aliphatic carbocycles. The summed E-state index contributed by atoms with van der Waals surface area (Å²) >= 11 is 0. The van der Waals surface area contributed by atoms with Crippen molar-refractivity contribution >= 4 is 0 Å². The van der Waals surface area contributed by atoms with Gasteiger partial charge in [-0.2, -0.15) is 0 Å². The largest absolute Gasteiger partial charge is 0.326 e. The molecule has 2 aliphatic rings. The molecule has 0 aromatic heterocycles. The van der Waals surface area contributed by atoms with E-state index in [1.165, 1.54) is 38.8 Å². The van der Waals surface area contributed by atoms with Crippen LogP contribution in [-0.2, 0) is 0 Å². The van der Waals surface area contributed by atoms with E-state index in [4.69, 9.17) is 5.73 Å². The third-order valence-electron chi connectivity index (χ3n) is 5.22. The van der Waals surface area contributed by atoms with Gasteiger partial charge in [0.1, 0.15) is 0 Å². The molecule has 0 radical (unpaired) electrons. The van der Waals surface area contributed by atoms with Crippen LogP contribution in [0.4, 0.5) is 0 Å². The van der Waals surface area contributed by atoms with E-state index in [2.05, 4.69) is 32.6 Å². The smallest absolute Gasteiger partial charge is 0.0250 e. The quantitative estimate of drug-likeness (QED) is 0.818. The van der Waals surface area contributed by atoms with E-state index in [-0.39, 0.29) is 0 Å². The van der Waals surface area contributed by atoms with Gasteiger partial charge in [-0.3, -0.25) is 4.90 Å². The molecule has 5 unspecified atom stereocenters. The van der Waals surface area contributed by atoms with E-state index in [1.54, 1.807) is 0 Å². The van der Waals surface area contributed by atoms with Crippen LogP contribution in [0.2, 0.25) is 0 Å². The minimum absolute atomic E-state index is 0.414. The van der Waals surface area contributed by atoms with E-state index >= 15 is 0 Å². The lowest BCUT2D eigenvalue weighted by molar-refractivity contribution is 0.0439. The zero-order valence-corrected chi connectivity index (χ0v) is 12.7. The van der Waals surface area contributed by atoms with Crippen molar-refractivity contribution in [2.75, 3.05) is 13.1 Å². The molecule has 2 nitrogen and oxygen atoms in total. The molecule has 0 spiro atoms. The Hall–Kier alpha value is -0.0800. The fraction of sp³-hybridized carbons (Fsp3) is 1.00. The van der Waals surface area contributed by atoms with E-state index in [9.17, 15) is 0 Å². The Bertz CT molecular complexity index is 254. The van der Waals surface area contributed by atoms with Gasteiger partial charge in [0.05, 0.1) is 0 Å². The highest BCUT2D eigenvalue weighted by atomic mass is 15.2. The van der Waals surface area contributed by atoms with Gasteiger partial charge in [0, 0.05) is 25.2 Å². The van der Waals surface area contributed by atoms with Crippen LogP contribution >= 0.6 is 0 Å². The first-order chi connectivity index (χ1) is 8.47. The minimum atomic E-state index is 0.414. The molecule has 2 N–H and O–H groups in total. The van der Waals surface area contributed by atoms with Crippen LogP contribution in [0.3, 0.4) is 0 Å². The van der Waals surface area contributed by atoms with Crippen molar-refractivity contribution in [1.29, 1.82) is 0 Å². The molecule has 18 heavy (non-hydrogen) atoms. The topological polar surface area (TPSA) is 29.3 Å². The number of piperidine rings is 1. The number of hydrogen-bond donors (Lipinski definition) is 1. The molecule has 1 saturated carbocycles. The van der Waals surface area contributed by atoms with Gasteiger partial charge in [0.15, 0.2) is 0 Å². The maximum Gasteiger partial charge on any atom is 0.0250 e. The zero-order valence-electron chi connectivity index (χ0n) is 12.7. The highest BCUT2D eigenvalue weighted by molar-refractivity contribution is 4.92. The first-order valence-electron chi connectivity index (χ1n) is 7.97. The lowest BCUT2D eigenvalue weighted by Gasteiger charge is -2.46. The summed E-state index contributed by atoms with van der Waals surface area (Å²) in [5.41, 5.74) is 6.42. The molecular formula is C16H32N2. The molecule has 1 heterocycles. The van der Waals surface area contributed by atoms with Crippen LogP contribution in [0, 0.1) is 23.7 Å². The predicted octanol–water partition coefficient (Wildman–Crippen LogP) is 3.12. The van der Waals surface area contributed by atoms with Crippen molar-refractivity contribution in [1.82, 2.24) is 4.90 Å². The van der Waals surface area contributed by atoms with Crippen molar-refractivity contribution in [2.45, 2.75) is 65.5 Å². The van der Waals surface area contributed by atoms with Gasteiger partial charge in [0.2, 0.25) is 0 Å². The summed E-state index contributed by atoms with van der Waals surface area (Å²) in [5, 5.41) is 0. The number of rotatable bonds is 2. The normalized spacial score (nSPS) is 43.3. The van der Waals surface area contributed by atoms with E-state index < -0.39 is 0 Å². The van der Waals surface area contributed by atoms with Gasteiger partial charge >= 0.3 is 0 Å². The monoisotopic (exact) mass is 252 g/mol. The summed E-state index contributed by atoms with van der Waals surface area (Å²) in [4.78, 5) is 2.72. The molecule has 0 aromatic carbocycles. The van der Waals surface area contributed by atoms with Gasteiger partial charge in [-0.15, -0.1) is 0 Å². The fourth-order valence-corrected chi connectivity index (χ4v) is 4.21. The van der Waals surface area contributed by atoms with Gasteiger partial charge in [-0.25, -0.2) is 0 Å². The van der Waals surface area contributed by atoms with Crippen LogP contribution in [0.15, 0.2) is 0 Å². The Morgan fingerprint density at radius 2 is 1.61 bits per heavy atom. The maximum absolute atomic E-state index is 6.42. The molecule has 2 rings (SSSR count). The Morgan fingerprint density at radius 3 is 2.17 bits per heavy atom. The average molecular weight is 252 g/mol. The van der Waals surface area contributed by atoms with Gasteiger partial charge in [-0.1, -0.05) is 27.7 Å². The van der Waals surface area contributed by atoms with Gasteiger partial charge in [0.25, 0.3) is 0 Å². The fourth-order valence-electron chi connectivity index (χ4n) is 4.21. The Balaban J connectivity index is 2.00. The van der Waals surface area contributed by atoms with Crippen LogP contribution < -0.4 is 5.73 Å². The van der Waals surface area contributed by atoms with Crippen molar-refractivity contribution in [2.24, 2.45) is 29.4 Å². The minimum Gasteiger partial charge on any atom is -0.326 e. The number of nitrogens with zero attached hydrogens (tertiary/aromatic N) is 1. The molecule has 0 bridgehead atoms. The lowest BCUT2D eigenvalue weighted by Crippen LogP contribution is -2.55. The molecule has 2 heteroatoms. The van der Waals surface area contributed by atoms with Gasteiger partial charge in [-0.05, 0) is 49.4 Å². The Labute approximate surface area is 113 Å². The number of nitrogens with two attached hydrogens (primary N) is 1. The van der Waals surface area contributed by atoms with Crippen molar-refractivity contribution in [3.8, 4) is 0 Å². The second-order valence-corrected chi connectivity index (χ2v) is 7.45. The maximum atomic E-state index is 6.42. The number of likely N-dealkylation sites (tertiary alicyclic amines) is 1. The second kappa shape index (κ2) is 5.92. The van der Waals surface area contributed by atoms with Crippen molar-refractivity contribution in [3.63, 3.8) is 0 Å². The van der Waals surface area contributed by atoms with Crippen LogP contribution in [-0.4, -0.2) is 30.1 Å². The molecular weight excluding hydrogens is 220 g/mol. The summed E-state index contributed by atoms with van der Waals surface area (Å²) in [5.74, 6) is 3.41. The Morgan fingerprint density at radius 1 is 1.00 bits per heavy atom. The standard InChI is InChI=1S/C16H32N2/c1-11(2)14-5-6-15(17)16(8-14)18-9-12(3)7-13(4)10-18/h11-16H,5-10,17H2,1-4H3. The van der Waals surface area contributed by atoms with Crippen LogP contribution in [0.1, 0.15) is 53.4 Å². The molecule has 1 aliphatic heterocycles. The summed E-state index contributed by atoms with van der Waals surface area (Å²) in [6.07, 6.45) is 5.30. The van der Waals surface area contributed by atoms with Crippen LogP contribution in [0.5, 0.6) is 0 Å². The average Bonchev–Trinajstić information content (AvgIpc) is 2.27. The first-order valence-corrected chi connectivity index (χ1v) is 7.97. The van der Waals surface area contributed by atoms with E-state index in [0.717, 1.165) is 23.7 Å². The summed E-state index contributed by atoms with van der Waals surface area (Å²) in [6, 6.07) is 1.06. The summed E-state index contributed by atoms with van der Waals surface area (Å²) in [6.45, 7) is 12.1. The highest BCUT2D eigenvalue weighted by Gasteiger charge is 2.36. The van der Waals surface area contributed by atoms with Crippen molar-refractivity contribution in [3.05, 3.63) is 0 Å². The summed E-state index contributed by atoms with van der Waals surface area (Å²) < 4.78 is 0. The second-order valence-electron chi connectivity index (χ2n) is 7.45. The van der Waals surface area contributed by atoms with Crippen molar-refractivity contribution < 1.29 is 0 Å². The predicted molar refractivity (Wildman–Crippen MR) is 78.5 cm³/mol. The highest BCUT2D eigenvalue weighted by Crippen LogP contribution is 2.34. The molecule has 0 aromatic rings. The van der Waals surface area contributed by atoms with Gasteiger partial charge < -0.3 is 5.73 Å². The van der Waals surface area contributed by atoms with E-state index in [1.807, 2.05) is 0 Å². The molecule has 106 valence electrons. The molecule has 0 amide bonds. The molecule has 2 fully saturated rings. The Kier molecular flexibility index (Phi) is 4.71. The third-order valence-corrected chi connectivity index (χ3v) is 5.22. The lowest BCUT2D eigenvalue weighted by atomic mass is 9.75. The molecule has 1 saturated heterocycles. The van der Waals surface area contributed by atoms with E-state index in [0.29, 0.717) is 12.1 Å².